The number of benzene rings is 1. The summed E-state index contributed by atoms with van der Waals surface area (Å²) in [5.41, 5.74) is 5.75. The van der Waals surface area contributed by atoms with Crippen LogP contribution in [0.1, 0.15) is 31.5 Å². The van der Waals surface area contributed by atoms with Gasteiger partial charge in [0.05, 0.1) is 12.1 Å². The molecule has 1 aliphatic carbocycles. The molecule has 5 heteroatoms. The molecule has 1 atom stereocenters. The van der Waals surface area contributed by atoms with Crippen LogP contribution in [0.5, 0.6) is 5.75 Å². The number of para-hydroxylation sites is 1. The van der Waals surface area contributed by atoms with Gasteiger partial charge in [0, 0.05) is 6.42 Å². The van der Waals surface area contributed by atoms with E-state index in [2.05, 4.69) is 10.1 Å². The molecule has 0 spiro atoms. The lowest BCUT2D eigenvalue weighted by Gasteiger charge is -2.18. The molecule has 0 radical (unpaired) electrons. The molecule has 1 fully saturated rings. The molecule has 106 valence electrons. The summed E-state index contributed by atoms with van der Waals surface area (Å²) in [6, 6.07) is 9.68. The zero-order valence-corrected chi connectivity index (χ0v) is 11.6. The molecule has 1 saturated carbocycles. The van der Waals surface area contributed by atoms with E-state index in [0.717, 1.165) is 18.6 Å². The molecule has 2 aromatic rings. The normalized spacial score (nSPS) is 17.7. The first-order chi connectivity index (χ1) is 9.66. The standard InChI is InChI=1S/C15H19N3O2/c1-15(16,11-7-8-11)14-17-13(18-20-14)9-10-19-12-5-3-2-4-6-12/h2-6,11H,7-10,16H2,1H3. The topological polar surface area (TPSA) is 74.2 Å². The number of nitrogens with two attached hydrogens (primary N) is 1. The maximum Gasteiger partial charge on any atom is 0.246 e. The summed E-state index contributed by atoms with van der Waals surface area (Å²) < 4.78 is 10.9. The van der Waals surface area contributed by atoms with E-state index in [4.69, 9.17) is 15.0 Å². The number of rotatable bonds is 6. The second-order valence-corrected chi connectivity index (χ2v) is 5.48. The van der Waals surface area contributed by atoms with E-state index in [1.165, 1.54) is 0 Å². The Morgan fingerprint density at radius 3 is 2.80 bits per heavy atom. The van der Waals surface area contributed by atoms with Crippen molar-refractivity contribution in [2.24, 2.45) is 11.7 Å². The maximum absolute atomic E-state index is 6.25. The van der Waals surface area contributed by atoms with Gasteiger partial charge in [0.2, 0.25) is 5.89 Å². The Morgan fingerprint density at radius 1 is 1.35 bits per heavy atom. The van der Waals surface area contributed by atoms with E-state index >= 15 is 0 Å². The Hall–Kier alpha value is -1.88. The predicted octanol–water partition coefficient (Wildman–Crippen LogP) is 2.28. The number of hydrogen-bond acceptors (Lipinski definition) is 5. The summed E-state index contributed by atoms with van der Waals surface area (Å²) in [7, 11) is 0. The molecule has 20 heavy (non-hydrogen) atoms. The van der Waals surface area contributed by atoms with Gasteiger partial charge in [-0.15, -0.1) is 0 Å². The van der Waals surface area contributed by atoms with Crippen LogP contribution in [0.3, 0.4) is 0 Å². The van der Waals surface area contributed by atoms with Gasteiger partial charge >= 0.3 is 0 Å². The molecule has 2 N–H and O–H groups in total. The molecule has 3 rings (SSSR count). The average molecular weight is 273 g/mol. The third-order valence-electron chi connectivity index (χ3n) is 3.69. The van der Waals surface area contributed by atoms with Crippen molar-refractivity contribution < 1.29 is 9.26 Å². The van der Waals surface area contributed by atoms with E-state index in [9.17, 15) is 0 Å². The Morgan fingerprint density at radius 2 is 2.10 bits per heavy atom. The van der Waals surface area contributed by atoms with E-state index < -0.39 is 5.54 Å². The molecule has 0 aliphatic heterocycles. The lowest BCUT2D eigenvalue weighted by Crippen LogP contribution is -2.35. The quantitative estimate of drug-likeness (QED) is 0.874. The van der Waals surface area contributed by atoms with Crippen LogP contribution in [0.2, 0.25) is 0 Å². The summed E-state index contributed by atoms with van der Waals surface area (Å²) in [6.07, 6.45) is 2.89. The van der Waals surface area contributed by atoms with Crippen LogP contribution in [-0.4, -0.2) is 16.7 Å². The molecular weight excluding hydrogens is 254 g/mol. The first-order valence-electron chi connectivity index (χ1n) is 6.96. The minimum Gasteiger partial charge on any atom is -0.493 e. The minimum atomic E-state index is -0.495. The second kappa shape index (κ2) is 5.25. The van der Waals surface area contributed by atoms with Crippen molar-refractivity contribution in [3.05, 3.63) is 42.0 Å². The minimum absolute atomic E-state index is 0.469. The van der Waals surface area contributed by atoms with Crippen molar-refractivity contribution in [2.45, 2.75) is 31.7 Å². The van der Waals surface area contributed by atoms with Crippen molar-refractivity contribution in [3.8, 4) is 5.75 Å². The fraction of sp³-hybridized carbons (Fsp3) is 0.467. The zero-order chi connectivity index (χ0) is 14.0. The van der Waals surface area contributed by atoms with Gasteiger partial charge in [0.25, 0.3) is 0 Å². The van der Waals surface area contributed by atoms with Gasteiger partial charge in [0.1, 0.15) is 5.75 Å². The first kappa shape index (κ1) is 13.1. The van der Waals surface area contributed by atoms with Crippen LogP contribution in [0.25, 0.3) is 0 Å². The van der Waals surface area contributed by atoms with Crippen molar-refractivity contribution in [1.29, 1.82) is 0 Å². The van der Waals surface area contributed by atoms with Crippen molar-refractivity contribution in [1.82, 2.24) is 10.1 Å². The van der Waals surface area contributed by atoms with Gasteiger partial charge in [-0.05, 0) is 37.8 Å². The number of hydrogen-bond donors (Lipinski definition) is 1. The monoisotopic (exact) mass is 273 g/mol. The number of aromatic nitrogens is 2. The summed E-state index contributed by atoms with van der Waals surface area (Å²) in [6.45, 7) is 2.48. The average Bonchev–Trinajstić information content (AvgIpc) is 3.21. The third kappa shape index (κ3) is 2.82. The van der Waals surface area contributed by atoms with Gasteiger partial charge in [-0.2, -0.15) is 4.98 Å². The van der Waals surface area contributed by atoms with Crippen LogP contribution in [0.15, 0.2) is 34.9 Å². The molecule has 1 heterocycles. The van der Waals surface area contributed by atoms with Gasteiger partial charge in [-0.1, -0.05) is 23.4 Å². The Balaban J connectivity index is 1.55. The Kier molecular flexibility index (Phi) is 3.44. The summed E-state index contributed by atoms with van der Waals surface area (Å²) in [5.74, 6) is 2.50. The summed E-state index contributed by atoms with van der Waals surface area (Å²) in [4.78, 5) is 4.39. The van der Waals surface area contributed by atoms with E-state index in [-0.39, 0.29) is 0 Å². The van der Waals surface area contributed by atoms with Crippen LogP contribution in [-0.2, 0) is 12.0 Å². The highest BCUT2D eigenvalue weighted by Crippen LogP contribution is 2.43. The maximum atomic E-state index is 6.25. The molecular formula is C15H19N3O2. The zero-order valence-electron chi connectivity index (χ0n) is 11.6. The Labute approximate surface area is 118 Å². The second-order valence-electron chi connectivity index (χ2n) is 5.48. The molecule has 1 unspecified atom stereocenters. The van der Waals surface area contributed by atoms with Gasteiger partial charge in [-0.3, -0.25) is 0 Å². The van der Waals surface area contributed by atoms with Crippen LogP contribution < -0.4 is 10.5 Å². The summed E-state index contributed by atoms with van der Waals surface area (Å²) in [5, 5.41) is 3.98. The highest BCUT2D eigenvalue weighted by atomic mass is 16.5. The fourth-order valence-corrected chi connectivity index (χ4v) is 2.21. The van der Waals surface area contributed by atoms with Gasteiger partial charge < -0.3 is 15.0 Å². The first-order valence-corrected chi connectivity index (χ1v) is 6.96. The van der Waals surface area contributed by atoms with Gasteiger partial charge in [0.15, 0.2) is 5.82 Å². The van der Waals surface area contributed by atoms with Crippen LogP contribution in [0, 0.1) is 5.92 Å². The molecule has 0 amide bonds. The smallest absolute Gasteiger partial charge is 0.246 e. The SMILES string of the molecule is CC(N)(c1nc(CCOc2ccccc2)no1)C1CC1. The highest BCUT2D eigenvalue weighted by molar-refractivity contribution is 5.20. The predicted molar refractivity (Wildman–Crippen MR) is 74.2 cm³/mol. The molecule has 5 nitrogen and oxygen atoms in total. The Bertz CT molecular complexity index is 562. The van der Waals surface area contributed by atoms with Crippen molar-refractivity contribution in [3.63, 3.8) is 0 Å². The highest BCUT2D eigenvalue weighted by Gasteiger charge is 2.43. The fourth-order valence-electron chi connectivity index (χ4n) is 2.21. The van der Waals surface area contributed by atoms with Gasteiger partial charge in [-0.25, -0.2) is 0 Å². The molecule has 1 aliphatic rings. The van der Waals surface area contributed by atoms with E-state index in [1.54, 1.807) is 0 Å². The molecule has 0 bridgehead atoms. The largest absolute Gasteiger partial charge is 0.493 e. The van der Waals surface area contributed by atoms with Crippen LogP contribution >= 0.6 is 0 Å². The van der Waals surface area contributed by atoms with Crippen molar-refractivity contribution >= 4 is 0 Å². The van der Waals surface area contributed by atoms with E-state index in [0.29, 0.717) is 30.7 Å². The third-order valence-corrected chi connectivity index (χ3v) is 3.69. The number of nitrogens with zero attached hydrogens (tertiary/aromatic N) is 2. The molecule has 1 aromatic heterocycles. The lowest BCUT2D eigenvalue weighted by molar-refractivity contribution is 0.270. The molecule has 0 saturated heterocycles. The number of ether oxygens (including phenoxy) is 1. The van der Waals surface area contributed by atoms with Crippen LogP contribution in [0.4, 0.5) is 0 Å². The summed E-state index contributed by atoms with van der Waals surface area (Å²) >= 11 is 0. The molecule has 1 aromatic carbocycles. The lowest BCUT2D eigenvalue weighted by atomic mass is 9.97. The van der Waals surface area contributed by atoms with Crippen molar-refractivity contribution in [2.75, 3.05) is 6.61 Å². The van der Waals surface area contributed by atoms with E-state index in [1.807, 2.05) is 37.3 Å².